The van der Waals surface area contributed by atoms with E-state index in [0.29, 0.717) is 12.0 Å². The second-order valence-corrected chi connectivity index (χ2v) is 5.38. The first-order valence-electron chi connectivity index (χ1n) is 6.73. The van der Waals surface area contributed by atoms with Crippen LogP contribution in [0.3, 0.4) is 0 Å². The number of nitrogens with zero attached hydrogens (tertiary/aromatic N) is 1. The van der Waals surface area contributed by atoms with Gasteiger partial charge >= 0.3 is 0 Å². The van der Waals surface area contributed by atoms with Crippen LogP contribution in [0.1, 0.15) is 32.8 Å². The Labute approximate surface area is 105 Å². The van der Waals surface area contributed by atoms with Gasteiger partial charge in [0.25, 0.3) is 0 Å². The second-order valence-electron chi connectivity index (χ2n) is 5.38. The molecule has 2 heteroatoms. The Bertz CT molecular complexity index is 375. The number of hydrogen-bond donors (Lipinski definition) is 1. The Kier molecular flexibility index (Phi) is 3.72. The fourth-order valence-electron chi connectivity index (χ4n) is 2.62. The smallest absolute Gasteiger partial charge is 0.0402 e. The van der Waals surface area contributed by atoms with Crippen molar-refractivity contribution in [3.63, 3.8) is 0 Å². The maximum Gasteiger partial charge on any atom is 0.0402 e. The van der Waals surface area contributed by atoms with Crippen molar-refractivity contribution in [3.05, 3.63) is 29.8 Å². The summed E-state index contributed by atoms with van der Waals surface area (Å²) < 4.78 is 0. The van der Waals surface area contributed by atoms with Crippen LogP contribution in [0.5, 0.6) is 0 Å². The average Bonchev–Trinajstić information content (AvgIpc) is 2.65. The van der Waals surface area contributed by atoms with Crippen molar-refractivity contribution in [1.29, 1.82) is 0 Å². The lowest BCUT2D eigenvalue weighted by Crippen LogP contribution is -2.43. The molecule has 1 aromatic carbocycles. The van der Waals surface area contributed by atoms with Crippen LogP contribution in [-0.4, -0.2) is 18.6 Å². The molecular formula is C15H24N2. The van der Waals surface area contributed by atoms with Crippen molar-refractivity contribution in [1.82, 2.24) is 0 Å². The van der Waals surface area contributed by atoms with Crippen LogP contribution in [0.4, 0.5) is 5.69 Å². The van der Waals surface area contributed by atoms with Crippen LogP contribution in [0.15, 0.2) is 24.3 Å². The van der Waals surface area contributed by atoms with Crippen LogP contribution in [-0.2, 0) is 6.42 Å². The topological polar surface area (TPSA) is 29.3 Å². The Morgan fingerprint density at radius 2 is 2.12 bits per heavy atom. The van der Waals surface area contributed by atoms with Gasteiger partial charge in [-0.25, -0.2) is 0 Å². The molecule has 2 nitrogen and oxygen atoms in total. The highest BCUT2D eigenvalue weighted by atomic mass is 15.2. The van der Waals surface area contributed by atoms with E-state index in [-0.39, 0.29) is 6.04 Å². The van der Waals surface area contributed by atoms with E-state index in [0.717, 1.165) is 19.4 Å². The maximum atomic E-state index is 6.29. The number of benzene rings is 1. The fraction of sp³-hybridized carbons (Fsp3) is 0.600. The number of para-hydroxylation sites is 1. The second kappa shape index (κ2) is 5.09. The molecule has 0 spiro atoms. The summed E-state index contributed by atoms with van der Waals surface area (Å²) in [6.07, 6.45) is 2.31. The van der Waals surface area contributed by atoms with Gasteiger partial charge in [-0.2, -0.15) is 0 Å². The molecule has 0 aromatic heterocycles. The average molecular weight is 232 g/mol. The van der Waals surface area contributed by atoms with E-state index in [2.05, 4.69) is 49.9 Å². The fourth-order valence-corrected chi connectivity index (χ4v) is 2.62. The molecule has 0 fully saturated rings. The normalized spacial score (nSPS) is 22.4. The molecule has 0 amide bonds. The molecule has 1 aliphatic heterocycles. The first-order valence-corrected chi connectivity index (χ1v) is 6.73. The van der Waals surface area contributed by atoms with Gasteiger partial charge < -0.3 is 10.6 Å². The summed E-state index contributed by atoms with van der Waals surface area (Å²) in [5, 5.41) is 0. The van der Waals surface area contributed by atoms with Crippen molar-refractivity contribution in [2.45, 2.75) is 45.7 Å². The molecule has 17 heavy (non-hydrogen) atoms. The maximum absolute atomic E-state index is 6.29. The number of hydrogen-bond acceptors (Lipinski definition) is 2. The lowest BCUT2D eigenvalue weighted by molar-refractivity contribution is 0.431. The van der Waals surface area contributed by atoms with Crippen molar-refractivity contribution < 1.29 is 0 Å². The van der Waals surface area contributed by atoms with E-state index < -0.39 is 0 Å². The number of nitrogens with two attached hydrogens (primary N) is 1. The van der Waals surface area contributed by atoms with Crippen LogP contribution >= 0.6 is 0 Å². The number of anilines is 1. The molecule has 94 valence electrons. The Hall–Kier alpha value is -1.02. The number of rotatable bonds is 4. The third-order valence-electron chi connectivity index (χ3n) is 4.13. The van der Waals surface area contributed by atoms with Crippen LogP contribution in [0, 0.1) is 5.92 Å². The minimum atomic E-state index is 0.272. The van der Waals surface area contributed by atoms with Gasteiger partial charge in [-0.3, -0.25) is 0 Å². The summed E-state index contributed by atoms with van der Waals surface area (Å²) >= 11 is 0. The van der Waals surface area contributed by atoms with Gasteiger partial charge in [0, 0.05) is 24.3 Å². The van der Waals surface area contributed by atoms with E-state index in [1.807, 2.05) is 0 Å². The third-order valence-corrected chi connectivity index (χ3v) is 4.13. The van der Waals surface area contributed by atoms with Gasteiger partial charge in [0.15, 0.2) is 0 Å². The van der Waals surface area contributed by atoms with Crippen LogP contribution < -0.4 is 10.6 Å². The molecule has 3 unspecified atom stereocenters. The minimum Gasteiger partial charge on any atom is -0.367 e. The van der Waals surface area contributed by atoms with E-state index in [1.165, 1.54) is 11.3 Å². The lowest BCUT2D eigenvalue weighted by Gasteiger charge is -2.30. The van der Waals surface area contributed by atoms with Gasteiger partial charge in [0.1, 0.15) is 0 Å². The van der Waals surface area contributed by atoms with Crippen molar-refractivity contribution in [2.75, 3.05) is 11.4 Å². The molecule has 0 saturated carbocycles. The van der Waals surface area contributed by atoms with Crippen molar-refractivity contribution in [2.24, 2.45) is 11.7 Å². The van der Waals surface area contributed by atoms with Gasteiger partial charge in [-0.1, -0.05) is 38.5 Å². The zero-order valence-electron chi connectivity index (χ0n) is 11.2. The predicted octanol–water partition coefficient (Wildman–Crippen LogP) is 2.81. The monoisotopic (exact) mass is 232 g/mol. The third kappa shape index (κ3) is 2.47. The summed E-state index contributed by atoms with van der Waals surface area (Å²) in [4.78, 5) is 2.48. The number of fused-ring (bicyclic) bond motifs is 1. The standard InChI is InChI=1S/C15H24N2/c1-4-11(2)14(16)10-17-12(3)9-13-7-5-6-8-15(13)17/h5-8,11-12,14H,4,9-10,16H2,1-3H3. The van der Waals surface area contributed by atoms with E-state index in [1.54, 1.807) is 0 Å². The summed E-state index contributed by atoms with van der Waals surface area (Å²) in [5.41, 5.74) is 9.14. The van der Waals surface area contributed by atoms with Crippen molar-refractivity contribution >= 4 is 5.69 Å². The van der Waals surface area contributed by atoms with Gasteiger partial charge in [0.05, 0.1) is 0 Å². The van der Waals surface area contributed by atoms with E-state index in [9.17, 15) is 0 Å². The predicted molar refractivity (Wildman–Crippen MR) is 74.4 cm³/mol. The highest BCUT2D eigenvalue weighted by molar-refractivity contribution is 5.59. The lowest BCUT2D eigenvalue weighted by atomic mass is 9.99. The summed E-state index contributed by atoms with van der Waals surface area (Å²) in [6, 6.07) is 9.57. The zero-order chi connectivity index (χ0) is 12.4. The molecule has 1 aliphatic rings. The van der Waals surface area contributed by atoms with Crippen LogP contribution in [0.2, 0.25) is 0 Å². The Morgan fingerprint density at radius 3 is 2.82 bits per heavy atom. The molecular weight excluding hydrogens is 208 g/mol. The van der Waals surface area contributed by atoms with E-state index in [4.69, 9.17) is 5.73 Å². The molecule has 3 atom stereocenters. The summed E-state index contributed by atoms with van der Waals surface area (Å²) in [6.45, 7) is 7.74. The molecule has 0 radical (unpaired) electrons. The Morgan fingerprint density at radius 1 is 1.41 bits per heavy atom. The molecule has 2 rings (SSSR count). The molecule has 1 aromatic rings. The van der Waals surface area contributed by atoms with Gasteiger partial charge in [-0.05, 0) is 30.9 Å². The first kappa shape index (κ1) is 12.4. The van der Waals surface area contributed by atoms with Gasteiger partial charge in [0.2, 0.25) is 0 Å². The zero-order valence-corrected chi connectivity index (χ0v) is 11.2. The molecule has 0 saturated heterocycles. The summed E-state index contributed by atoms with van der Waals surface area (Å²) in [7, 11) is 0. The molecule has 1 heterocycles. The SMILES string of the molecule is CCC(C)C(N)CN1c2ccccc2CC1C. The van der Waals surface area contributed by atoms with Crippen molar-refractivity contribution in [3.8, 4) is 0 Å². The quantitative estimate of drug-likeness (QED) is 0.865. The molecule has 2 N–H and O–H groups in total. The summed E-state index contributed by atoms with van der Waals surface area (Å²) in [5.74, 6) is 0.593. The van der Waals surface area contributed by atoms with Gasteiger partial charge in [-0.15, -0.1) is 0 Å². The largest absolute Gasteiger partial charge is 0.367 e. The van der Waals surface area contributed by atoms with E-state index >= 15 is 0 Å². The highest BCUT2D eigenvalue weighted by Gasteiger charge is 2.27. The Balaban J connectivity index is 2.11. The molecule has 0 aliphatic carbocycles. The molecule has 0 bridgehead atoms. The van der Waals surface area contributed by atoms with Crippen LogP contribution in [0.25, 0.3) is 0 Å². The highest BCUT2D eigenvalue weighted by Crippen LogP contribution is 2.32. The minimum absolute atomic E-state index is 0.272. The first-order chi connectivity index (χ1) is 8.13.